The van der Waals surface area contributed by atoms with Gasteiger partial charge in [0.2, 0.25) is 0 Å². The van der Waals surface area contributed by atoms with Gasteiger partial charge in [0.25, 0.3) is 5.69 Å². The Hall–Kier alpha value is -2.99. The third-order valence-corrected chi connectivity index (χ3v) is 4.13. The molecule has 0 aliphatic heterocycles. The Morgan fingerprint density at radius 1 is 1.18 bits per heavy atom. The van der Waals surface area contributed by atoms with E-state index in [9.17, 15) is 55.1 Å². The number of carboxylic acids is 1. The highest BCUT2D eigenvalue weighted by Crippen LogP contribution is 2.51. The minimum atomic E-state index is -5.35. The van der Waals surface area contributed by atoms with Crippen LogP contribution in [0.3, 0.4) is 0 Å². The molecule has 0 fully saturated rings. The molecule has 2 unspecified atom stereocenters. The molecule has 1 N–H and O–H groups in total. The van der Waals surface area contributed by atoms with Crippen molar-refractivity contribution in [1.82, 2.24) is 0 Å². The predicted octanol–water partition coefficient (Wildman–Crippen LogP) is 4.88. The number of halogens is 8. The first kappa shape index (κ1) is 21.3. The standard InChI is InChI=1S/C15H7F8NO4/c16-8-9(17)11(19)14(13(25)26,12(20)10(8)18)4-5-6(15(21,22)23)2-1-3-7(5)24(27)28/h1-3,11H,4H2,(H,25,26). The fraction of sp³-hybridized carbons (Fsp3) is 0.267. The van der Waals surface area contributed by atoms with Crippen molar-refractivity contribution in [3.63, 3.8) is 0 Å². The van der Waals surface area contributed by atoms with E-state index in [1.807, 2.05) is 0 Å². The van der Waals surface area contributed by atoms with Crippen LogP contribution in [0, 0.1) is 15.5 Å². The minimum Gasteiger partial charge on any atom is -0.480 e. The summed E-state index contributed by atoms with van der Waals surface area (Å²) in [4.78, 5) is 21.1. The van der Waals surface area contributed by atoms with E-state index in [4.69, 9.17) is 0 Å². The minimum absolute atomic E-state index is 0.249. The third-order valence-electron chi connectivity index (χ3n) is 4.13. The summed E-state index contributed by atoms with van der Waals surface area (Å²) in [5.41, 5.74) is -8.82. The number of carbonyl (C=O) groups is 1. The van der Waals surface area contributed by atoms with E-state index in [1.54, 1.807) is 0 Å². The van der Waals surface area contributed by atoms with Crippen LogP contribution in [-0.4, -0.2) is 22.2 Å². The summed E-state index contributed by atoms with van der Waals surface area (Å²) < 4.78 is 109. The van der Waals surface area contributed by atoms with Crippen molar-refractivity contribution in [3.05, 3.63) is 62.7 Å². The topological polar surface area (TPSA) is 80.4 Å². The van der Waals surface area contributed by atoms with E-state index < -0.39 is 75.2 Å². The van der Waals surface area contributed by atoms with Crippen molar-refractivity contribution in [2.75, 3.05) is 0 Å². The molecule has 0 bridgehead atoms. The number of alkyl halides is 4. The molecule has 0 spiro atoms. The fourth-order valence-electron chi connectivity index (χ4n) is 2.76. The highest BCUT2D eigenvalue weighted by atomic mass is 19.4. The fourth-order valence-corrected chi connectivity index (χ4v) is 2.76. The molecule has 1 aromatic carbocycles. The Morgan fingerprint density at radius 2 is 1.75 bits per heavy atom. The average molecular weight is 417 g/mol. The molecule has 0 saturated heterocycles. The van der Waals surface area contributed by atoms with Crippen molar-refractivity contribution < 1.29 is 49.9 Å². The maximum Gasteiger partial charge on any atom is 0.416 e. The molecule has 2 atom stereocenters. The number of nitro groups is 1. The monoisotopic (exact) mass is 417 g/mol. The number of nitrogens with zero attached hydrogens (tertiary/aromatic N) is 1. The number of hydrogen-bond acceptors (Lipinski definition) is 3. The van der Waals surface area contributed by atoms with Gasteiger partial charge in [-0.25, -0.2) is 22.0 Å². The van der Waals surface area contributed by atoms with E-state index in [1.165, 1.54) is 0 Å². The van der Waals surface area contributed by atoms with Crippen molar-refractivity contribution in [1.29, 1.82) is 0 Å². The molecule has 2 rings (SSSR count). The number of aliphatic carboxylic acids is 1. The van der Waals surface area contributed by atoms with Crippen LogP contribution in [0.5, 0.6) is 0 Å². The van der Waals surface area contributed by atoms with Gasteiger partial charge in [0.15, 0.2) is 34.9 Å². The third kappa shape index (κ3) is 3.10. The lowest BCUT2D eigenvalue weighted by atomic mass is 9.72. The SMILES string of the molecule is O=C(O)C1(Cc2c([N+](=O)[O-])cccc2C(F)(F)F)C(F)=C(F)C(F)=C(F)C1F. The molecule has 0 aromatic heterocycles. The second-order valence-corrected chi connectivity index (χ2v) is 5.66. The van der Waals surface area contributed by atoms with Crippen LogP contribution >= 0.6 is 0 Å². The second-order valence-electron chi connectivity index (χ2n) is 5.66. The zero-order valence-electron chi connectivity index (χ0n) is 13.2. The maximum absolute atomic E-state index is 14.3. The van der Waals surface area contributed by atoms with E-state index in [-0.39, 0.29) is 6.07 Å². The molecule has 13 heteroatoms. The second kappa shape index (κ2) is 6.87. The van der Waals surface area contributed by atoms with Crippen LogP contribution in [0.2, 0.25) is 0 Å². The molecule has 0 saturated carbocycles. The highest BCUT2D eigenvalue weighted by molar-refractivity contribution is 5.82. The van der Waals surface area contributed by atoms with Crippen molar-refractivity contribution in [3.8, 4) is 0 Å². The smallest absolute Gasteiger partial charge is 0.416 e. The number of rotatable bonds is 4. The number of carboxylic acid groups (broad SMARTS) is 1. The first-order chi connectivity index (χ1) is 12.8. The summed E-state index contributed by atoms with van der Waals surface area (Å²) in [5.74, 6) is -13.6. The molecule has 1 aliphatic rings. The highest BCUT2D eigenvalue weighted by Gasteiger charge is 2.60. The van der Waals surface area contributed by atoms with Crippen LogP contribution < -0.4 is 0 Å². The van der Waals surface area contributed by atoms with Gasteiger partial charge in [-0.05, 0) is 6.07 Å². The zero-order chi connectivity index (χ0) is 21.6. The summed E-state index contributed by atoms with van der Waals surface area (Å²) in [6, 6.07) is 1.29. The van der Waals surface area contributed by atoms with Gasteiger partial charge in [-0.2, -0.15) is 13.2 Å². The van der Waals surface area contributed by atoms with E-state index in [2.05, 4.69) is 0 Å². The van der Waals surface area contributed by atoms with Crippen LogP contribution in [-0.2, 0) is 17.4 Å². The Balaban J connectivity index is 2.85. The van der Waals surface area contributed by atoms with E-state index in [0.29, 0.717) is 12.1 Å². The van der Waals surface area contributed by atoms with Gasteiger partial charge in [0, 0.05) is 18.1 Å². The largest absolute Gasteiger partial charge is 0.480 e. The molecule has 1 aromatic rings. The molecule has 0 heterocycles. The van der Waals surface area contributed by atoms with Crippen molar-refractivity contribution in [2.45, 2.75) is 18.8 Å². The number of nitro benzene ring substituents is 1. The Labute approximate surface area is 149 Å². The van der Waals surface area contributed by atoms with Crippen molar-refractivity contribution >= 4 is 11.7 Å². The lowest BCUT2D eigenvalue weighted by Crippen LogP contribution is -2.46. The average Bonchev–Trinajstić information content (AvgIpc) is 2.60. The normalized spacial score (nSPS) is 23.2. The van der Waals surface area contributed by atoms with E-state index in [0.717, 1.165) is 0 Å². The van der Waals surface area contributed by atoms with E-state index >= 15 is 0 Å². The van der Waals surface area contributed by atoms with Crippen LogP contribution in [0.1, 0.15) is 11.1 Å². The lowest BCUT2D eigenvalue weighted by Gasteiger charge is -2.33. The van der Waals surface area contributed by atoms with Gasteiger partial charge in [0.1, 0.15) is 0 Å². The first-order valence-electron chi connectivity index (χ1n) is 7.09. The van der Waals surface area contributed by atoms with Gasteiger partial charge >= 0.3 is 12.1 Å². The summed E-state index contributed by atoms with van der Waals surface area (Å²) >= 11 is 0. The van der Waals surface area contributed by atoms with Gasteiger partial charge in [-0.3, -0.25) is 14.9 Å². The van der Waals surface area contributed by atoms with Gasteiger partial charge in [-0.15, -0.1) is 0 Å². The van der Waals surface area contributed by atoms with Gasteiger partial charge in [0.05, 0.1) is 10.5 Å². The predicted molar refractivity (Wildman–Crippen MR) is 75.3 cm³/mol. The molecule has 0 radical (unpaired) electrons. The summed E-state index contributed by atoms with van der Waals surface area (Å²) in [7, 11) is 0. The maximum atomic E-state index is 14.3. The Kier molecular flexibility index (Phi) is 5.23. The molecule has 0 amide bonds. The summed E-state index contributed by atoms with van der Waals surface area (Å²) in [5, 5.41) is 20.2. The van der Waals surface area contributed by atoms with Crippen LogP contribution in [0.15, 0.2) is 41.5 Å². The number of allylic oxidation sites excluding steroid dienone is 3. The molecule has 5 nitrogen and oxygen atoms in total. The molecule has 1 aliphatic carbocycles. The Bertz CT molecular complexity index is 923. The molecule has 152 valence electrons. The van der Waals surface area contributed by atoms with Crippen molar-refractivity contribution in [2.24, 2.45) is 5.41 Å². The quantitative estimate of drug-likeness (QED) is 0.430. The van der Waals surface area contributed by atoms with Crippen LogP contribution in [0.25, 0.3) is 0 Å². The summed E-state index contributed by atoms with van der Waals surface area (Å²) in [6.45, 7) is 0. The van der Waals surface area contributed by atoms with Gasteiger partial charge < -0.3 is 5.11 Å². The summed E-state index contributed by atoms with van der Waals surface area (Å²) in [6.07, 6.45) is -11.2. The Morgan fingerprint density at radius 3 is 2.21 bits per heavy atom. The zero-order valence-corrected chi connectivity index (χ0v) is 13.2. The first-order valence-corrected chi connectivity index (χ1v) is 7.09. The molecular formula is C15H7F8NO4. The van der Waals surface area contributed by atoms with Gasteiger partial charge in [-0.1, -0.05) is 6.07 Å². The number of benzene rings is 1. The van der Waals surface area contributed by atoms with Crippen LogP contribution in [0.4, 0.5) is 40.8 Å². The molecular weight excluding hydrogens is 410 g/mol. The lowest BCUT2D eigenvalue weighted by molar-refractivity contribution is -0.386. The number of hydrogen-bond donors (Lipinski definition) is 1. The molecule has 28 heavy (non-hydrogen) atoms.